The van der Waals surface area contributed by atoms with Crippen molar-refractivity contribution in [2.45, 2.75) is 6.18 Å². The molecule has 1 heterocycles. The van der Waals surface area contributed by atoms with Crippen molar-refractivity contribution >= 4 is 11.4 Å². The average Bonchev–Trinajstić information content (AvgIpc) is 3.15. The number of Topliss-reactive ketones (excluding diaryl/α,β-unsaturated/α-hetero) is 1. The van der Waals surface area contributed by atoms with Crippen LogP contribution in [0.4, 0.5) is 13.2 Å². The van der Waals surface area contributed by atoms with Gasteiger partial charge in [-0.1, -0.05) is 30.3 Å². The fourth-order valence-corrected chi connectivity index (χ4v) is 2.57. The van der Waals surface area contributed by atoms with Crippen LogP contribution in [0.15, 0.2) is 60.8 Å². The maximum absolute atomic E-state index is 13.1. The van der Waals surface area contributed by atoms with Gasteiger partial charge in [0.25, 0.3) is 0 Å². The molecule has 3 aromatic rings. The summed E-state index contributed by atoms with van der Waals surface area (Å²) in [5.74, 6) is -0.492. The molecular weight excluding hydrogens is 371 g/mol. The van der Waals surface area contributed by atoms with Gasteiger partial charge >= 0.3 is 6.18 Å². The highest BCUT2D eigenvalue weighted by atomic mass is 19.4. The van der Waals surface area contributed by atoms with Gasteiger partial charge in [-0.25, -0.2) is 0 Å². The molecular formula is C19H16F3N5O. The third kappa shape index (κ3) is 4.08. The second-order valence-corrected chi connectivity index (χ2v) is 6.16. The number of carbonyl (C=O) groups excluding carboxylic acids is 1. The molecule has 0 bridgehead atoms. The molecule has 0 aliphatic heterocycles. The largest absolute Gasteiger partial charge is 0.416 e. The lowest BCUT2D eigenvalue weighted by Crippen LogP contribution is -2.14. The van der Waals surface area contributed by atoms with E-state index in [4.69, 9.17) is 0 Å². The van der Waals surface area contributed by atoms with E-state index >= 15 is 0 Å². The molecule has 2 aromatic carbocycles. The molecule has 0 saturated carbocycles. The second-order valence-electron chi connectivity index (χ2n) is 6.16. The summed E-state index contributed by atoms with van der Waals surface area (Å²) in [6.45, 7) is 0. The molecule has 0 aliphatic rings. The van der Waals surface area contributed by atoms with E-state index in [9.17, 15) is 18.0 Å². The Labute approximate surface area is 158 Å². The first kappa shape index (κ1) is 19.3. The monoisotopic (exact) mass is 387 g/mol. The Hall–Kier alpha value is -3.49. The number of alkyl halides is 3. The van der Waals surface area contributed by atoms with Crippen LogP contribution in [0.1, 0.15) is 21.7 Å². The Morgan fingerprint density at radius 1 is 1.07 bits per heavy atom. The van der Waals surface area contributed by atoms with Gasteiger partial charge < -0.3 is 4.90 Å². The van der Waals surface area contributed by atoms with Gasteiger partial charge in [-0.05, 0) is 34.7 Å². The predicted octanol–water partition coefficient (Wildman–Crippen LogP) is 3.47. The van der Waals surface area contributed by atoms with Crippen LogP contribution < -0.4 is 0 Å². The van der Waals surface area contributed by atoms with Gasteiger partial charge in [0.05, 0.1) is 16.8 Å². The lowest BCUT2D eigenvalue weighted by atomic mass is 10.0. The third-order valence-electron chi connectivity index (χ3n) is 3.80. The van der Waals surface area contributed by atoms with Gasteiger partial charge in [0.15, 0.2) is 11.6 Å². The number of ketones is 1. The molecule has 0 fully saturated rings. The van der Waals surface area contributed by atoms with Crippen LogP contribution in [-0.4, -0.2) is 45.0 Å². The minimum absolute atomic E-state index is 0.0678. The van der Waals surface area contributed by atoms with E-state index in [0.717, 1.165) is 12.1 Å². The van der Waals surface area contributed by atoms with Crippen molar-refractivity contribution < 1.29 is 18.0 Å². The Morgan fingerprint density at radius 2 is 1.79 bits per heavy atom. The Kier molecular flexibility index (Phi) is 5.25. The van der Waals surface area contributed by atoms with E-state index < -0.39 is 17.5 Å². The molecule has 0 N–H and O–H groups in total. The maximum Gasteiger partial charge on any atom is 0.416 e. The van der Waals surface area contributed by atoms with Crippen molar-refractivity contribution in [3.8, 4) is 5.69 Å². The summed E-state index contributed by atoms with van der Waals surface area (Å²) in [6.07, 6.45) is -3.07. The second kappa shape index (κ2) is 7.63. The number of halogens is 3. The predicted molar refractivity (Wildman–Crippen MR) is 96.6 cm³/mol. The summed E-state index contributed by atoms with van der Waals surface area (Å²) in [5.41, 5.74) is -0.321. The zero-order chi connectivity index (χ0) is 20.3. The molecule has 3 rings (SSSR count). The molecule has 28 heavy (non-hydrogen) atoms. The standard InChI is InChI=1S/C19H16F3N5O/c1-26(2)12-16(17(28)13-7-6-8-14(11-13)19(20,21)22)18-23-24-25-27(18)15-9-4-3-5-10-15/h3-12H,1-2H3/b16-12-. The molecule has 0 unspecified atom stereocenters. The number of rotatable bonds is 5. The first-order valence-electron chi connectivity index (χ1n) is 8.22. The van der Waals surface area contributed by atoms with Crippen LogP contribution in [-0.2, 0) is 6.18 Å². The molecule has 9 heteroatoms. The number of nitrogens with zero attached hydrogens (tertiary/aromatic N) is 5. The van der Waals surface area contributed by atoms with Crippen molar-refractivity contribution in [3.05, 3.63) is 77.7 Å². The fraction of sp³-hybridized carbons (Fsp3) is 0.158. The van der Waals surface area contributed by atoms with Crippen molar-refractivity contribution in [3.63, 3.8) is 0 Å². The van der Waals surface area contributed by atoms with E-state index in [2.05, 4.69) is 15.5 Å². The van der Waals surface area contributed by atoms with E-state index in [1.807, 2.05) is 6.07 Å². The van der Waals surface area contributed by atoms with Crippen LogP contribution in [0.25, 0.3) is 11.3 Å². The van der Waals surface area contributed by atoms with Crippen molar-refractivity contribution in [1.82, 2.24) is 25.1 Å². The molecule has 144 valence electrons. The van der Waals surface area contributed by atoms with E-state index in [-0.39, 0.29) is 17.0 Å². The fourth-order valence-electron chi connectivity index (χ4n) is 2.57. The van der Waals surface area contributed by atoms with E-state index in [1.54, 1.807) is 43.3 Å². The minimum atomic E-state index is -4.55. The molecule has 0 atom stereocenters. The smallest absolute Gasteiger partial charge is 0.383 e. The molecule has 0 radical (unpaired) electrons. The maximum atomic E-state index is 13.1. The Bertz CT molecular complexity index is 1010. The first-order valence-corrected chi connectivity index (χ1v) is 8.22. The van der Waals surface area contributed by atoms with Gasteiger partial charge in [0.2, 0.25) is 0 Å². The lowest BCUT2D eigenvalue weighted by molar-refractivity contribution is -0.137. The molecule has 0 spiro atoms. The normalized spacial score (nSPS) is 12.1. The molecule has 1 aromatic heterocycles. The summed E-state index contributed by atoms with van der Waals surface area (Å²) in [7, 11) is 3.38. The Balaban J connectivity index is 2.09. The molecule has 0 amide bonds. The zero-order valence-electron chi connectivity index (χ0n) is 15.1. The highest BCUT2D eigenvalue weighted by molar-refractivity contribution is 6.28. The van der Waals surface area contributed by atoms with Crippen molar-refractivity contribution in [2.75, 3.05) is 14.1 Å². The van der Waals surface area contributed by atoms with Gasteiger partial charge in [-0.3, -0.25) is 4.79 Å². The number of hydrogen-bond acceptors (Lipinski definition) is 5. The zero-order valence-corrected chi connectivity index (χ0v) is 15.1. The molecule has 6 nitrogen and oxygen atoms in total. The summed E-state index contributed by atoms with van der Waals surface area (Å²) in [5, 5.41) is 11.5. The summed E-state index contributed by atoms with van der Waals surface area (Å²) < 4.78 is 40.5. The van der Waals surface area contributed by atoms with Crippen LogP contribution in [0.3, 0.4) is 0 Å². The summed E-state index contributed by atoms with van der Waals surface area (Å²) in [4.78, 5) is 14.7. The van der Waals surface area contributed by atoms with Gasteiger partial charge in [-0.2, -0.15) is 17.9 Å². The SMILES string of the molecule is CN(C)/C=C(/C(=O)c1cccc(C(F)(F)F)c1)c1nnnn1-c1ccccc1. The van der Waals surface area contributed by atoms with Crippen LogP contribution in [0, 0.1) is 0 Å². The molecule has 0 saturated heterocycles. The summed E-state index contributed by atoms with van der Waals surface area (Å²) in [6, 6.07) is 13.2. The van der Waals surface area contributed by atoms with Gasteiger partial charge in [-0.15, -0.1) is 5.10 Å². The van der Waals surface area contributed by atoms with Crippen molar-refractivity contribution in [2.24, 2.45) is 0 Å². The van der Waals surface area contributed by atoms with Crippen LogP contribution >= 0.6 is 0 Å². The highest BCUT2D eigenvalue weighted by Gasteiger charge is 2.31. The van der Waals surface area contributed by atoms with Gasteiger partial charge in [0.1, 0.15) is 0 Å². The number of benzene rings is 2. The van der Waals surface area contributed by atoms with Gasteiger partial charge in [0, 0.05) is 25.9 Å². The van der Waals surface area contributed by atoms with E-state index in [1.165, 1.54) is 23.0 Å². The Morgan fingerprint density at radius 3 is 2.43 bits per heavy atom. The van der Waals surface area contributed by atoms with Crippen molar-refractivity contribution in [1.29, 1.82) is 0 Å². The summed E-state index contributed by atoms with van der Waals surface area (Å²) >= 11 is 0. The first-order chi connectivity index (χ1) is 13.3. The topological polar surface area (TPSA) is 63.9 Å². The van der Waals surface area contributed by atoms with Crippen LogP contribution in [0.5, 0.6) is 0 Å². The number of aromatic nitrogens is 4. The third-order valence-corrected chi connectivity index (χ3v) is 3.80. The molecule has 0 aliphatic carbocycles. The highest BCUT2D eigenvalue weighted by Crippen LogP contribution is 2.30. The average molecular weight is 387 g/mol. The number of para-hydroxylation sites is 1. The minimum Gasteiger partial charge on any atom is -0.383 e. The number of hydrogen-bond donors (Lipinski definition) is 0. The number of carbonyl (C=O) groups is 1. The lowest BCUT2D eigenvalue weighted by Gasteiger charge is -2.13. The number of tetrazole rings is 1. The quantitative estimate of drug-likeness (QED) is 0.496. The van der Waals surface area contributed by atoms with E-state index in [0.29, 0.717) is 5.69 Å². The number of allylic oxidation sites excluding steroid dienone is 1. The van der Waals surface area contributed by atoms with Crippen LogP contribution in [0.2, 0.25) is 0 Å².